The molecular formula is C12H15FN2O3. The Hall–Kier alpha value is -1.98. The van der Waals surface area contributed by atoms with Crippen LogP contribution in [-0.4, -0.2) is 10.7 Å². The van der Waals surface area contributed by atoms with Gasteiger partial charge in [0.15, 0.2) is 0 Å². The molecule has 0 amide bonds. The molecule has 5 nitrogen and oxygen atoms in total. The Morgan fingerprint density at radius 1 is 1.50 bits per heavy atom. The van der Waals surface area contributed by atoms with Crippen molar-refractivity contribution >= 4 is 17.2 Å². The number of ketones is 1. The maximum atomic E-state index is 13.3. The number of Topliss-reactive ketones (excluding diaryl/α,β-unsaturated/α-hetero) is 1. The molecule has 0 spiro atoms. The molecule has 0 fully saturated rings. The second-order valence-corrected chi connectivity index (χ2v) is 4.91. The number of halogens is 1. The van der Waals surface area contributed by atoms with E-state index in [9.17, 15) is 19.3 Å². The van der Waals surface area contributed by atoms with Gasteiger partial charge < -0.3 is 5.73 Å². The third-order valence-electron chi connectivity index (χ3n) is 2.74. The molecular weight excluding hydrogens is 239 g/mol. The summed E-state index contributed by atoms with van der Waals surface area (Å²) < 4.78 is 13.3. The third kappa shape index (κ3) is 2.82. The van der Waals surface area contributed by atoms with Crippen LogP contribution in [0.3, 0.4) is 0 Å². The molecule has 0 saturated carbocycles. The largest absolute Gasteiger partial charge is 0.398 e. The van der Waals surface area contributed by atoms with Crippen molar-refractivity contribution in [1.29, 1.82) is 0 Å². The predicted molar refractivity (Wildman–Crippen MR) is 65.8 cm³/mol. The fourth-order valence-corrected chi connectivity index (χ4v) is 2.02. The first-order valence-corrected chi connectivity index (χ1v) is 5.38. The summed E-state index contributed by atoms with van der Waals surface area (Å²) in [5.41, 5.74) is 4.90. The molecule has 0 radical (unpaired) electrons. The monoisotopic (exact) mass is 254 g/mol. The minimum atomic E-state index is -0.972. The van der Waals surface area contributed by atoms with Crippen LogP contribution in [0.15, 0.2) is 12.1 Å². The molecule has 6 heteroatoms. The van der Waals surface area contributed by atoms with Gasteiger partial charge in [0, 0.05) is 24.2 Å². The fourth-order valence-electron chi connectivity index (χ4n) is 2.02. The average Bonchev–Trinajstić information content (AvgIpc) is 2.13. The molecule has 0 aliphatic heterocycles. The van der Waals surface area contributed by atoms with Crippen LogP contribution in [-0.2, 0) is 10.2 Å². The second kappa shape index (κ2) is 4.72. The molecule has 0 saturated heterocycles. The lowest BCUT2D eigenvalue weighted by molar-refractivity contribution is -0.387. The van der Waals surface area contributed by atoms with Crippen LogP contribution in [0, 0.1) is 15.9 Å². The summed E-state index contributed by atoms with van der Waals surface area (Å²) in [5, 5.41) is 10.7. The number of anilines is 1. The summed E-state index contributed by atoms with van der Waals surface area (Å²) in [6.45, 7) is 4.90. The number of nitro benzene ring substituents is 1. The minimum Gasteiger partial charge on any atom is -0.398 e. The Balaban J connectivity index is 3.36. The van der Waals surface area contributed by atoms with E-state index in [0.717, 1.165) is 12.1 Å². The molecule has 0 unspecified atom stereocenters. The average molecular weight is 254 g/mol. The summed E-state index contributed by atoms with van der Waals surface area (Å²) in [6.07, 6.45) is 0.181. The van der Waals surface area contributed by atoms with Gasteiger partial charge in [-0.15, -0.1) is 0 Å². The number of nitro groups is 1. The lowest BCUT2D eigenvalue weighted by atomic mass is 9.79. The number of benzene rings is 1. The second-order valence-electron chi connectivity index (χ2n) is 4.91. The van der Waals surface area contributed by atoms with Gasteiger partial charge in [-0.25, -0.2) is 0 Å². The zero-order valence-corrected chi connectivity index (χ0v) is 10.5. The highest BCUT2D eigenvalue weighted by atomic mass is 19.1. The van der Waals surface area contributed by atoms with Gasteiger partial charge in [0.05, 0.1) is 4.92 Å². The molecule has 1 rings (SSSR count). The molecule has 2 N–H and O–H groups in total. The van der Waals surface area contributed by atoms with E-state index < -0.39 is 21.8 Å². The predicted octanol–water partition coefficient (Wildman–Crippen LogP) is 2.57. The number of hydrogen-bond acceptors (Lipinski definition) is 4. The van der Waals surface area contributed by atoms with Crippen LogP contribution >= 0.6 is 0 Å². The van der Waals surface area contributed by atoms with Crippen molar-refractivity contribution in [3.63, 3.8) is 0 Å². The van der Waals surface area contributed by atoms with E-state index in [-0.39, 0.29) is 17.9 Å². The summed E-state index contributed by atoms with van der Waals surface area (Å²) >= 11 is 0. The van der Waals surface area contributed by atoms with Gasteiger partial charge >= 0.3 is 5.69 Å². The van der Waals surface area contributed by atoms with Crippen molar-refractivity contribution < 1.29 is 14.1 Å². The highest BCUT2D eigenvalue weighted by Gasteiger charge is 2.28. The fraction of sp³-hybridized carbons (Fsp3) is 0.417. The van der Waals surface area contributed by atoms with E-state index in [1.165, 1.54) is 6.92 Å². The Morgan fingerprint density at radius 2 is 2.06 bits per heavy atom. The highest BCUT2D eigenvalue weighted by Crippen LogP contribution is 2.35. The van der Waals surface area contributed by atoms with Crippen molar-refractivity contribution in [2.75, 3.05) is 5.73 Å². The molecule has 0 bridgehead atoms. The van der Waals surface area contributed by atoms with Crippen molar-refractivity contribution in [3.05, 3.63) is 33.6 Å². The summed E-state index contributed by atoms with van der Waals surface area (Å²) in [5.74, 6) is -1.04. The number of hydrogen-bond donors (Lipinski definition) is 1. The number of carbonyl (C=O) groups excluding carboxylic acids is 1. The van der Waals surface area contributed by atoms with Crippen LogP contribution in [0.1, 0.15) is 32.8 Å². The van der Waals surface area contributed by atoms with E-state index in [1.807, 2.05) is 0 Å². The van der Waals surface area contributed by atoms with E-state index in [1.54, 1.807) is 13.8 Å². The Bertz CT molecular complexity index is 512. The first-order chi connectivity index (χ1) is 8.15. The minimum absolute atomic E-state index is 0.0635. The van der Waals surface area contributed by atoms with Crippen LogP contribution in [0.25, 0.3) is 0 Å². The molecule has 0 atom stereocenters. The van der Waals surface area contributed by atoms with Gasteiger partial charge in [-0.1, -0.05) is 13.8 Å². The van der Waals surface area contributed by atoms with Gasteiger partial charge in [0.2, 0.25) is 5.82 Å². The van der Waals surface area contributed by atoms with E-state index in [4.69, 9.17) is 5.73 Å². The van der Waals surface area contributed by atoms with Gasteiger partial charge in [-0.2, -0.15) is 4.39 Å². The van der Waals surface area contributed by atoms with E-state index in [0.29, 0.717) is 5.56 Å². The standard InChI is InChI=1S/C12H15FN2O3/c1-7(16)6-12(2,3)8-4-11(15(17)18)9(13)5-10(8)14/h4-5H,6,14H2,1-3H3. The van der Waals surface area contributed by atoms with Crippen LogP contribution in [0.2, 0.25) is 0 Å². The summed E-state index contributed by atoms with van der Waals surface area (Å²) in [7, 11) is 0. The van der Waals surface area contributed by atoms with Crippen molar-refractivity contribution in [3.8, 4) is 0 Å². The third-order valence-corrected chi connectivity index (χ3v) is 2.74. The molecule has 0 heterocycles. The van der Waals surface area contributed by atoms with Gasteiger partial charge in [-0.3, -0.25) is 14.9 Å². The molecule has 0 aliphatic rings. The molecule has 98 valence electrons. The number of carbonyl (C=O) groups is 1. The molecule has 0 aliphatic carbocycles. The Kier molecular flexibility index (Phi) is 3.69. The van der Waals surface area contributed by atoms with Gasteiger partial charge in [0.1, 0.15) is 5.78 Å². The van der Waals surface area contributed by atoms with E-state index >= 15 is 0 Å². The van der Waals surface area contributed by atoms with Crippen LogP contribution in [0.5, 0.6) is 0 Å². The van der Waals surface area contributed by atoms with Crippen LogP contribution in [0.4, 0.5) is 15.8 Å². The number of nitrogens with zero attached hydrogens (tertiary/aromatic N) is 1. The first kappa shape index (κ1) is 14.1. The number of rotatable bonds is 4. The smallest absolute Gasteiger partial charge is 0.305 e. The topological polar surface area (TPSA) is 86.2 Å². The molecule has 1 aromatic carbocycles. The summed E-state index contributed by atoms with van der Waals surface area (Å²) in [6, 6.07) is 2.03. The highest BCUT2D eigenvalue weighted by molar-refractivity contribution is 5.77. The van der Waals surface area contributed by atoms with Gasteiger partial charge in [-0.05, 0) is 17.9 Å². The lowest BCUT2D eigenvalue weighted by Gasteiger charge is -2.25. The maximum absolute atomic E-state index is 13.3. The first-order valence-electron chi connectivity index (χ1n) is 5.38. The zero-order chi connectivity index (χ0) is 14.1. The molecule has 0 aromatic heterocycles. The zero-order valence-electron chi connectivity index (χ0n) is 10.5. The quantitative estimate of drug-likeness (QED) is 0.508. The summed E-state index contributed by atoms with van der Waals surface area (Å²) in [4.78, 5) is 21.1. The van der Waals surface area contributed by atoms with Gasteiger partial charge in [0.25, 0.3) is 0 Å². The number of nitrogen functional groups attached to an aromatic ring is 1. The van der Waals surface area contributed by atoms with Crippen molar-refractivity contribution in [2.24, 2.45) is 0 Å². The normalized spacial score (nSPS) is 11.3. The molecule has 1 aromatic rings. The Labute approximate surface area is 104 Å². The Morgan fingerprint density at radius 3 is 2.50 bits per heavy atom. The number of nitrogens with two attached hydrogens (primary N) is 1. The van der Waals surface area contributed by atoms with Crippen molar-refractivity contribution in [1.82, 2.24) is 0 Å². The van der Waals surface area contributed by atoms with E-state index in [2.05, 4.69) is 0 Å². The lowest BCUT2D eigenvalue weighted by Crippen LogP contribution is -2.22. The van der Waals surface area contributed by atoms with Crippen LogP contribution < -0.4 is 5.73 Å². The SMILES string of the molecule is CC(=O)CC(C)(C)c1cc([N+](=O)[O-])c(F)cc1N. The molecule has 18 heavy (non-hydrogen) atoms. The van der Waals surface area contributed by atoms with Crippen molar-refractivity contribution in [2.45, 2.75) is 32.6 Å². The maximum Gasteiger partial charge on any atom is 0.305 e.